The average molecular weight is 358 g/mol. The standard InChI is InChI=1S/C10H10Cl2INO/c1-6(14(13)7(2)15)8-3-4-9(11)10(12)5-8/h3-6H,1-2H3. The lowest BCUT2D eigenvalue weighted by molar-refractivity contribution is -0.124. The van der Waals surface area contributed by atoms with Crippen LogP contribution in [0.25, 0.3) is 0 Å². The molecular weight excluding hydrogens is 348 g/mol. The van der Waals surface area contributed by atoms with Crippen molar-refractivity contribution in [1.29, 1.82) is 0 Å². The number of hydrogen-bond acceptors (Lipinski definition) is 1. The Kier molecular flexibility index (Phi) is 4.67. The number of hydrogen-bond donors (Lipinski definition) is 0. The van der Waals surface area contributed by atoms with Gasteiger partial charge in [-0.1, -0.05) is 29.3 Å². The van der Waals surface area contributed by atoms with Crippen LogP contribution < -0.4 is 0 Å². The highest BCUT2D eigenvalue weighted by atomic mass is 127. The first-order valence-corrected chi connectivity index (χ1v) is 6.06. The number of rotatable bonds is 2. The summed E-state index contributed by atoms with van der Waals surface area (Å²) >= 11 is 13.7. The lowest BCUT2D eigenvalue weighted by Crippen LogP contribution is -2.21. The van der Waals surface area contributed by atoms with E-state index in [4.69, 9.17) is 23.2 Å². The maximum atomic E-state index is 11.2. The molecule has 1 aromatic rings. The van der Waals surface area contributed by atoms with Crippen molar-refractivity contribution >= 4 is 52.0 Å². The average Bonchev–Trinajstić information content (AvgIpc) is 2.19. The van der Waals surface area contributed by atoms with E-state index in [0.29, 0.717) is 10.0 Å². The largest absolute Gasteiger partial charge is 0.278 e. The summed E-state index contributed by atoms with van der Waals surface area (Å²) in [4.78, 5) is 11.2. The van der Waals surface area contributed by atoms with Crippen LogP contribution >= 0.6 is 46.1 Å². The Morgan fingerprint density at radius 2 is 2.00 bits per heavy atom. The summed E-state index contributed by atoms with van der Waals surface area (Å²) in [5, 5.41) is 1.03. The molecule has 0 aliphatic carbocycles. The summed E-state index contributed by atoms with van der Waals surface area (Å²) in [6.07, 6.45) is 0. The van der Waals surface area contributed by atoms with Gasteiger partial charge in [0.05, 0.1) is 39.0 Å². The topological polar surface area (TPSA) is 20.3 Å². The number of carbonyl (C=O) groups excluding carboxylic acids is 1. The fourth-order valence-corrected chi connectivity index (χ4v) is 1.80. The van der Waals surface area contributed by atoms with Crippen LogP contribution in [0, 0.1) is 0 Å². The molecule has 5 heteroatoms. The van der Waals surface area contributed by atoms with Gasteiger partial charge in [0, 0.05) is 6.92 Å². The molecule has 0 saturated heterocycles. The van der Waals surface area contributed by atoms with E-state index < -0.39 is 0 Å². The van der Waals surface area contributed by atoms with Gasteiger partial charge in [-0.2, -0.15) is 0 Å². The summed E-state index contributed by atoms with van der Waals surface area (Å²) in [6.45, 7) is 3.47. The minimum atomic E-state index is -0.0159. The molecule has 0 spiro atoms. The zero-order valence-corrected chi connectivity index (χ0v) is 12.0. The molecule has 0 N–H and O–H groups in total. The molecule has 0 bridgehead atoms. The van der Waals surface area contributed by atoms with E-state index in [2.05, 4.69) is 0 Å². The van der Waals surface area contributed by atoms with Gasteiger partial charge in [-0.3, -0.25) is 7.91 Å². The molecule has 15 heavy (non-hydrogen) atoms. The Morgan fingerprint density at radius 3 is 2.47 bits per heavy atom. The van der Waals surface area contributed by atoms with Gasteiger partial charge in [0.15, 0.2) is 0 Å². The van der Waals surface area contributed by atoms with Gasteiger partial charge < -0.3 is 0 Å². The number of benzene rings is 1. The van der Waals surface area contributed by atoms with Crippen LogP contribution in [-0.2, 0) is 4.79 Å². The maximum Gasteiger partial charge on any atom is 0.228 e. The molecule has 0 saturated carbocycles. The predicted octanol–water partition coefficient (Wildman–Crippen LogP) is 4.25. The molecule has 1 atom stereocenters. The SMILES string of the molecule is CC(=O)N(I)C(C)c1ccc(Cl)c(Cl)c1. The van der Waals surface area contributed by atoms with Crippen molar-refractivity contribution in [1.82, 2.24) is 3.11 Å². The van der Waals surface area contributed by atoms with Crippen LogP contribution in [0.4, 0.5) is 0 Å². The summed E-state index contributed by atoms with van der Waals surface area (Å²) < 4.78 is 1.62. The number of nitrogens with zero attached hydrogens (tertiary/aromatic N) is 1. The fraction of sp³-hybridized carbons (Fsp3) is 0.300. The number of amides is 1. The van der Waals surface area contributed by atoms with E-state index >= 15 is 0 Å². The summed E-state index contributed by atoms with van der Waals surface area (Å²) in [7, 11) is 0. The van der Waals surface area contributed by atoms with E-state index in [1.807, 2.05) is 35.9 Å². The van der Waals surface area contributed by atoms with Crippen LogP contribution in [0.15, 0.2) is 18.2 Å². The third-order valence-electron chi connectivity index (χ3n) is 2.07. The number of halogens is 3. The minimum absolute atomic E-state index is 0.00849. The van der Waals surface area contributed by atoms with Crippen LogP contribution in [0.3, 0.4) is 0 Å². The minimum Gasteiger partial charge on any atom is -0.278 e. The monoisotopic (exact) mass is 357 g/mol. The molecule has 0 radical (unpaired) electrons. The van der Waals surface area contributed by atoms with Crippen molar-refractivity contribution in [3.63, 3.8) is 0 Å². The predicted molar refractivity (Wildman–Crippen MR) is 71.4 cm³/mol. The van der Waals surface area contributed by atoms with Crippen LogP contribution in [0.5, 0.6) is 0 Å². The number of carbonyl (C=O) groups is 1. The summed E-state index contributed by atoms with van der Waals surface area (Å²) in [5.74, 6) is 0.00849. The smallest absolute Gasteiger partial charge is 0.228 e. The van der Waals surface area contributed by atoms with Crippen LogP contribution in [-0.4, -0.2) is 9.02 Å². The first kappa shape index (κ1) is 13.1. The van der Waals surface area contributed by atoms with E-state index in [9.17, 15) is 4.79 Å². The van der Waals surface area contributed by atoms with Crippen molar-refractivity contribution in [2.75, 3.05) is 0 Å². The Morgan fingerprint density at radius 1 is 1.40 bits per heavy atom. The van der Waals surface area contributed by atoms with Crippen molar-refractivity contribution < 1.29 is 4.79 Å². The molecule has 1 amide bonds. The first-order valence-electron chi connectivity index (χ1n) is 4.34. The Bertz CT molecular complexity index is 384. The second-order valence-corrected chi connectivity index (χ2v) is 5.03. The van der Waals surface area contributed by atoms with Gasteiger partial charge in [0.2, 0.25) is 5.91 Å². The first-order chi connectivity index (χ1) is 6.93. The van der Waals surface area contributed by atoms with Crippen molar-refractivity contribution in [2.45, 2.75) is 19.9 Å². The highest BCUT2D eigenvalue weighted by Crippen LogP contribution is 2.29. The highest BCUT2D eigenvalue weighted by molar-refractivity contribution is 14.1. The van der Waals surface area contributed by atoms with Crippen LogP contribution in [0.1, 0.15) is 25.5 Å². The summed E-state index contributed by atoms with van der Waals surface area (Å²) in [6, 6.07) is 5.37. The second kappa shape index (κ2) is 5.37. The van der Waals surface area contributed by atoms with Crippen molar-refractivity contribution in [2.24, 2.45) is 0 Å². The van der Waals surface area contributed by atoms with Gasteiger partial charge in [-0.15, -0.1) is 0 Å². The molecule has 82 valence electrons. The van der Waals surface area contributed by atoms with Gasteiger partial charge in [-0.25, -0.2) is 0 Å². The van der Waals surface area contributed by atoms with Crippen molar-refractivity contribution in [3.8, 4) is 0 Å². The molecule has 1 aromatic carbocycles. The molecule has 0 aromatic heterocycles. The van der Waals surface area contributed by atoms with Gasteiger partial charge in [-0.05, 0) is 24.6 Å². The lowest BCUT2D eigenvalue weighted by Gasteiger charge is -2.21. The fourth-order valence-electron chi connectivity index (χ4n) is 1.18. The molecule has 0 heterocycles. The second-order valence-electron chi connectivity index (χ2n) is 3.18. The highest BCUT2D eigenvalue weighted by Gasteiger charge is 2.16. The van der Waals surface area contributed by atoms with E-state index in [0.717, 1.165) is 5.56 Å². The van der Waals surface area contributed by atoms with Crippen molar-refractivity contribution in [3.05, 3.63) is 33.8 Å². The molecule has 0 fully saturated rings. The van der Waals surface area contributed by atoms with E-state index in [-0.39, 0.29) is 11.9 Å². The normalized spacial score (nSPS) is 12.3. The Labute approximate surface area is 113 Å². The molecular formula is C10H10Cl2INO. The van der Waals surface area contributed by atoms with Gasteiger partial charge in [0.1, 0.15) is 0 Å². The van der Waals surface area contributed by atoms with Crippen LogP contribution in [0.2, 0.25) is 10.0 Å². The third-order valence-corrected chi connectivity index (χ3v) is 4.32. The molecule has 1 rings (SSSR count). The lowest BCUT2D eigenvalue weighted by atomic mass is 10.1. The molecule has 1 unspecified atom stereocenters. The Balaban J connectivity index is 2.96. The zero-order chi connectivity index (χ0) is 11.6. The van der Waals surface area contributed by atoms with E-state index in [1.54, 1.807) is 15.2 Å². The Hall–Kier alpha value is -0.000000000000000111. The quantitative estimate of drug-likeness (QED) is 0.572. The van der Waals surface area contributed by atoms with E-state index in [1.165, 1.54) is 6.92 Å². The summed E-state index contributed by atoms with van der Waals surface area (Å²) in [5.41, 5.74) is 0.967. The molecule has 0 aliphatic rings. The molecule has 0 aliphatic heterocycles. The zero-order valence-electron chi connectivity index (χ0n) is 8.30. The third kappa shape index (κ3) is 3.23. The van der Waals surface area contributed by atoms with Gasteiger partial charge >= 0.3 is 0 Å². The van der Waals surface area contributed by atoms with Gasteiger partial charge in [0.25, 0.3) is 0 Å². The maximum absolute atomic E-state index is 11.2. The molecule has 2 nitrogen and oxygen atoms in total.